The summed E-state index contributed by atoms with van der Waals surface area (Å²) in [6.07, 6.45) is 3.24. The van der Waals surface area contributed by atoms with Gasteiger partial charge in [0.05, 0.1) is 45.6 Å². The lowest BCUT2D eigenvalue weighted by Crippen LogP contribution is -2.41. The minimum absolute atomic E-state index is 0.0829. The second kappa shape index (κ2) is 13.2. The standard InChI is InChI=1S/C20H37NO5/c1-5-17(4)26-15-14-25-13-12-24-11-8-19(22)21-9-6-18(7-10-21)20(23)16(2)3/h16-18H,5-15H2,1-4H3. The first-order chi connectivity index (χ1) is 12.5. The van der Waals surface area contributed by atoms with E-state index in [9.17, 15) is 9.59 Å². The van der Waals surface area contributed by atoms with E-state index in [2.05, 4.69) is 6.92 Å². The zero-order valence-electron chi connectivity index (χ0n) is 17.0. The highest BCUT2D eigenvalue weighted by Crippen LogP contribution is 2.21. The van der Waals surface area contributed by atoms with Crippen LogP contribution in [0.5, 0.6) is 0 Å². The molecule has 1 unspecified atom stereocenters. The van der Waals surface area contributed by atoms with Gasteiger partial charge in [-0.2, -0.15) is 0 Å². The number of amides is 1. The van der Waals surface area contributed by atoms with Crippen LogP contribution in [-0.4, -0.2) is 68.8 Å². The van der Waals surface area contributed by atoms with Crippen LogP contribution in [0.25, 0.3) is 0 Å². The maximum atomic E-state index is 12.2. The number of hydrogen-bond acceptors (Lipinski definition) is 5. The summed E-state index contributed by atoms with van der Waals surface area (Å²) in [4.78, 5) is 26.1. The molecule has 1 aliphatic heterocycles. The van der Waals surface area contributed by atoms with E-state index < -0.39 is 0 Å². The molecule has 1 aliphatic rings. The van der Waals surface area contributed by atoms with Gasteiger partial charge in [0, 0.05) is 24.9 Å². The van der Waals surface area contributed by atoms with Gasteiger partial charge in [-0.05, 0) is 26.2 Å². The normalized spacial score (nSPS) is 16.9. The van der Waals surface area contributed by atoms with E-state index in [0.717, 1.165) is 19.3 Å². The molecule has 0 saturated carbocycles. The Kier molecular flexibility index (Phi) is 11.7. The highest BCUT2D eigenvalue weighted by atomic mass is 16.5. The van der Waals surface area contributed by atoms with Crippen LogP contribution in [0, 0.1) is 11.8 Å². The summed E-state index contributed by atoms with van der Waals surface area (Å²) < 4.78 is 16.4. The van der Waals surface area contributed by atoms with E-state index in [0.29, 0.717) is 58.3 Å². The van der Waals surface area contributed by atoms with Crippen molar-refractivity contribution in [3.63, 3.8) is 0 Å². The maximum Gasteiger partial charge on any atom is 0.224 e. The topological polar surface area (TPSA) is 65.1 Å². The van der Waals surface area contributed by atoms with Crippen molar-refractivity contribution < 1.29 is 23.8 Å². The molecule has 0 aromatic heterocycles. The monoisotopic (exact) mass is 371 g/mol. The van der Waals surface area contributed by atoms with Crippen molar-refractivity contribution in [2.45, 2.75) is 59.5 Å². The summed E-state index contributed by atoms with van der Waals surface area (Å²) in [5.41, 5.74) is 0. The molecule has 0 aliphatic carbocycles. The number of rotatable bonds is 13. The molecule has 1 heterocycles. The van der Waals surface area contributed by atoms with Crippen molar-refractivity contribution in [2.24, 2.45) is 11.8 Å². The quantitative estimate of drug-likeness (QED) is 0.466. The fourth-order valence-electron chi connectivity index (χ4n) is 2.95. The Hall–Kier alpha value is -0.980. The van der Waals surface area contributed by atoms with Gasteiger partial charge in [0.2, 0.25) is 5.91 Å². The van der Waals surface area contributed by atoms with Gasteiger partial charge in [-0.1, -0.05) is 20.8 Å². The average molecular weight is 372 g/mol. The highest BCUT2D eigenvalue weighted by molar-refractivity contribution is 5.83. The Labute approximate surface area is 158 Å². The lowest BCUT2D eigenvalue weighted by molar-refractivity contribution is -0.136. The molecule has 0 radical (unpaired) electrons. The molecule has 1 amide bonds. The first-order valence-corrected chi connectivity index (χ1v) is 10.0. The van der Waals surface area contributed by atoms with Crippen molar-refractivity contribution >= 4 is 11.7 Å². The summed E-state index contributed by atoms with van der Waals surface area (Å²) in [6, 6.07) is 0. The van der Waals surface area contributed by atoms with Crippen molar-refractivity contribution in [3.05, 3.63) is 0 Å². The molecule has 0 aromatic carbocycles. The van der Waals surface area contributed by atoms with Crippen molar-refractivity contribution in [1.29, 1.82) is 0 Å². The number of hydrogen-bond donors (Lipinski definition) is 0. The minimum atomic E-state index is 0.0829. The van der Waals surface area contributed by atoms with Crippen molar-refractivity contribution in [2.75, 3.05) is 46.1 Å². The molecule has 1 fully saturated rings. The van der Waals surface area contributed by atoms with Crippen molar-refractivity contribution in [3.8, 4) is 0 Å². The number of likely N-dealkylation sites (tertiary alicyclic amines) is 1. The molecule has 0 bridgehead atoms. The third-order valence-corrected chi connectivity index (χ3v) is 4.86. The Morgan fingerprint density at radius 1 is 0.962 bits per heavy atom. The number of ketones is 1. The van der Waals surface area contributed by atoms with Gasteiger partial charge < -0.3 is 19.1 Å². The molecule has 1 saturated heterocycles. The van der Waals surface area contributed by atoms with Gasteiger partial charge in [-0.15, -0.1) is 0 Å². The van der Waals surface area contributed by atoms with Gasteiger partial charge >= 0.3 is 0 Å². The van der Waals surface area contributed by atoms with Crippen LogP contribution < -0.4 is 0 Å². The van der Waals surface area contributed by atoms with E-state index in [1.165, 1.54) is 0 Å². The van der Waals surface area contributed by atoms with Crippen LogP contribution in [0.15, 0.2) is 0 Å². The molecule has 0 N–H and O–H groups in total. The number of carbonyl (C=O) groups excluding carboxylic acids is 2. The summed E-state index contributed by atoms with van der Waals surface area (Å²) in [6.45, 7) is 12.0. The van der Waals surface area contributed by atoms with Crippen LogP contribution in [0.4, 0.5) is 0 Å². The molecular formula is C20H37NO5. The SMILES string of the molecule is CCC(C)OCCOCCOCCC(=O)N1CCC(C(=O)C(C)C)CC1. The zero-order chi connectivity index (χ0) is 19.4. The summed E-state index contributed by atoms with van der Waals surface area (Å²) in [7, 11) is 0. The van der Waals surface area contributed by atoms with Crippen LogP contribution in [0.1, 0.15) is 53.4 Å². The summed E-state index contributed by atoms with van der Waals surface area (Å²) >= 11 is 0. The van der Waals surface area contributed by atoms with Crippen LogP contribution >= 0.6 is 0 Å². The molecule has 1 atom stereocenters. The molecule has 152 valence electrons. The number of carbonyl (C=O) groups is 2. The van der Waals surface area contributed by atoms with Gasteiger partial charge in [-0.3, -0.25) is 9.59 Å². The lowest BCUT2D eigenvalue weighted by Gasteiger charge is -2.32. The number of piperidine rings is 1. The Bertz CT molecular complexity index is 405. The number of Topliss-reactive ketones (excluding diaryl/α,β-unsaturated/α-hetero) is 1. The van der Waals surface area contributed by atoms with Crippen LogP contribution in [0.2, 0.25) is 0 Å². The van der Waals surface area contributed by atoms with E-state index in [1.807, 2.05) is 25.7 Å². The lowest BCUT2D eigenvalue weighted by atomic mass is 9.87. The van der Waals surface area contributed by atoms with E-state index in [1.54, 1.807) is 0 Å². The van der Waals surface area contributed by atoms with Gasteiger partial charge in [0.25, 0.3) is 0 Å². The number of ether oxygens (including phenoxy) is 3. The van der Waals surface area contributed by atoms with E-state index in [4.69, 9.17) is 14.2 Å². The van der Waals surface area contributed by atoms with Crippen LogP contribution in [0.3, 0.4) is 0 Å². The maximum absolute atomic E-state index is 12.2. The summed E-state index contributed by atoms with van der Waals surface area (Å²) in [5.74, 6) is 0.648. The third-order valence-electron chi connectivity index (χ3n) is 4.86. The largest absolute Gasteiger partial charge is 0.379 e. The van der Waals surface area contributed by atoms with Gasteiger partial charge in [-0.25, -0.2) is 0 Å². The highest BCUT2D eigenvalue weighted by Gasteiger charge is 2.28. The van der Waals surface area contributed by atoms with Crippen LogP contribution in [-0.2, 0) is 23.8 Å². The summed E-state index contributed by atoms with van der Waals surface area (Å²) in [5, 5.41) is 0. The molecule has 6 nitrogen and oxygen atoms in total. The predicted octanol–water partition coefficient (Wildman–Crippen LogP) is 2.69. The molecular weight excluding hydrogens is 334 g/mol. The first-order valence-electron chi connectivity index (χ1n) is 10.0. The number of nitrogens with zero attached hydrogens (tertiary/aromatic N) is 1. The Balaban J connectivity index is 2.00. The first kappa shape index (κ1) is 23.1. The molecule has 1 rings (SSSR count). The molecule has 0 spiro atoms. The molecule has 26 heavy (non-hydrogen) atoms. The Morgan fingerprint density at radius 2 is 1.54 bits per heavy atom. The molecule has 0 aromatic rings. The second-order valence-electron chi connectivity index (χ2n) is 7.28. The zero-order valence-corrected chi connectivity index (χ0v) is 17.0. The van der Waals surface area contributed by atoms with Gasteiger partial charge in [0.1, 0.15) is 5.78 Å². The van der Waals surface area contributed by atoms with Gasteiger partial charge in [0.15, 0.2) is 0 Å². The predicted molar refractivity (Wildman–Crippen MR) is 101 cm³/mol. The third kappa shape index (κ3) is 9.10. The van der Waals surface area contributed by atoms with E-state index >= 15 is 0 Å². The van der Waals surface area contributed by atoms with E-state index in [-0.39, 0.29) is 23.8 Å². The molecule has 6 heteroatoms. The minimum Gasteiger partial charge on any atom is -0.379 e. The Morgan fingerprint density at radius 3 is 2.12 bits per heavy atom. The fraction of sp³-hybridized carbons (Fsp3) is 0.900. The second-order valence-corrected chi connectivity index (χ2v) is 7.28. The fourth-order valence-corrected chi connectivity index (χ4v) is 2.95. The smallest absolute Gasteiger partial charge is 0.224 e. The van der Waals surface area contributed by atoms with Crippen molar-refractivity contribution in [1.82, 2.24) is 4.90 Å². The average Bonchev–Trinajstić information content (AvgIpc) is 2.65.